The van der Waals surface area contributed by atoms with Crippen molar-refractivity contribution in [2.24, 2.45) is 4.99 Å². The van der Waals surface area contributed by atoms with Crippen LogP contribution in [-0.2, 0) is 0 Å². The number of nitrogens with zero attached hydrogens (tertiary/aromatic N) is 5. The van der Waals surface area contributed by atoms with Gasteiger partial charge < -0.3 is 10.2 Å². The summed E-state index contributed by atoms with van der Waals surface area (Å²) in [6.07, 6.45) is 14.5. The van der Waals surface area contributed by atoms with Crippen molar-refractivity contribution in [1.82, 2.24) is 25.3 Å². The molecule has 7 heteroatoms. The molecule has 0 aromatic carbocycles. The zero-order valence-electron chi connectivity index (χ0n) is 17.6. The second-order valence-electron chi connectivity index (χ2n) is 7.93. The molecule has 3 aliphatic heterocycles. The zero-order valence-corrected chi connectivity index (χ0v) is 17.6. The number of likely N-dealkylation sites (tertiary alicyclic amines) is 1. The number of unbranched alkanes of at least 4 members (excludes halogenated alkanes) is 1. The lowest BCUT2D eigenvalue weighted by Gasteiger charge is -2.35. The van der Waals surface area contributed by atoms with E-state index in [1.165, 1.54) is 18.5 Å². The van der Waals surface area contributed by atoms with Gasteiger partial charge in [0.1, 0.15) is 5.82 Å². The van der Waals surface area contributed by atoms with E-state index in [-0.39, 0.29) is 0 Å². The minimum atomic E-state index is 0.394. The molecule has 2 N–H and O–H groups in total. The molecule has 0 radical (unpaired) electrons. The van der Waals surface area contributed by atoms with Gasteiger partial charge in [0, 0.05) is 61.1 Å². The lowest BCUT2D eigenvalue weighted by Crippen LogP contribution is -2.41. The largest absolute Gasteiger partial charge is 0.373 e. The number of aromatic nitrogens is 2. The summed E-state index contributed by atoms with van der Waals surface area (Å²) in [5, 5.41) is 5.68. The topological polar surface area (TPSA) is 68.7 Å². The molecule has 0 spiro atoms. The van der Waals surface area contributed by atoms with E-state index >= 15 is 0 Å². The summed E-state index contributed by atoms with van der Waals surface area (Å²) in [6, 6.07) is 0.394. The van der Waals surface area contributed by atoms with E-state index in [1.807, 2.05) is 23.6 Å². The number of rotatable bonds is 6. The molecule has 0 amide bonds. The average molecular weight is 394 g/mol. The fourth-order valence-electron chi connectivity index (χ4n) is 4.00. The van der Waals surface area contributed by atoms with Gasteiger partial charge in [-0.05, 0) is 33.1 Å². The Balaban J connectivity index is 1.50. The second-order valence-corrected chi connectivity index (χ2v) is 7.93. The first-order chi connectivity index (χ1) is 14.2. The Hall–Kier alpha value is -2.67. The summed E-state index contributed by atoms with van der Waals surface area (Å²) in [6.45, 7) is 9.39. The number of anilines is 1. The SMILES string of the molecule is CCC/C=C(/C)N1CCCC(Nc2nc(C3=C4C=NC=CN4NC3)ncc2C)C1. The van der Waals surface area contributed by atoms with Crippen molar-refractivity contribution in [3.63, 3.8) is 0 Å². The standard InChI is InChI=1S/C22H31N7/c1-4-5-7-17(3)28-10-6-8-18(15-28)26-21-16(2)12-24-22(27-21)19-13-25-29-11-9-23-14-20(19)29/h7,9,11-12,14,18,25H,4-6,8,10,13,15H2,1-3H3,(H,24,26,27)/b17-7-. The molecule has 0 saturated carbocycles. The lowest BCUT2D eigenvalue weighted by atomic mass is 10.0. The Labute approximate surface area is 173 Å². The Kier molecular flexibility index (Phi) is 5.94. The smallest absolute Gasteiger partial charge is 0.161 e. The summed E-state index contributed by atoms with van der Waals surface area (Å²) in [5.41, 5.74) is 7.89. The minimum Gasteiger partial charge on any atom is -0.373 e. The molecular formula is C22H31N7. The highest BCUT2D eigenvalue weighted by molar-refractivity contribution is 5.92. The first kappa shape index (κ1) is 19.6. The molecule has 7 nitrogen and oxygen atoms in total. The zero-order chi connectivity index (χ0) is 20.2. The third kappa shape index (κ3) is 4.34. The molecule has 1 aromatic heterocycles. The van der Waals surface area contributed by atoms with Crippen LogP contribution in [-0.4, -0.2) is 51.8 Å². The van der Waals surface area contributed by atoms with Crippen molar-refractivity contribution in [2.75, 3.05) is 25.0 Å². The van der Waals surface area contributed by atoms with E-state index in [2.05, 4.69) is 52.5 Å². The summed E-state index contributed by atoms with van der Waals surface area (Å²) in [7, 11) is 0. The molecule has 1 atom stereocenters. The minimum absolute atomic E-state index is 0.394. The van der Waals surface area contributed by atoms with Crippen LogP contribution < -0.4 is 10.7 Å². The number of hydrogen-bond donors (Lipinski definition) is 2. The van der Waals surface area contributed by atoms with Crippen LogP contribution in [0.4, 0.5) is 5.82 Å². The van der Waals surface area contributed by atoms with Crippen LogP contribution in [0.5, 0.6) is 0 Å². The number of hydrogen-bond acceptors (Lipinski definition) is 7. The van der Waals surface area contributed by atoms with Crippen LogP contribution in [0.15, 0.2) is 41.1 Å². The van der Waals surface area contributed by atoms with E-state index in [9.17, 15) is 0 Å². The number of aliphatic imine (C=N–C) groups is 1. The molecule has 3 aliphatic rings. The van der Waals surface area contributed by atoms with Gasteiger partial charge >= 0.3 is 0 Å². The Morgan fingerprint density at radius 3 is 3.17 bits per heavy atom. The van der Waals surface area contributed by atoms with Gasteiger partial charge in [-0.3, -0.25) is 10.0 Å². The Bertz CT molecular complexity index is 868. The molecule has 154 valence electrons. The summed E-state index contributed by atoms with van der Waals surface area (Å²) in [4.78, 5) is 16.2. The number of allylic oxidation sites excluding steroid dienone is 3. The van der Waals surface area contributed by atoms with Crippen molar-refractivity contribution < 1.29 is 0 Å². The van der Waals surface area contributed by atoms with Gasteiger partial charge in [-0.25, -0.2) is 15.4 Å². The maximum Gasteiger partial charge on any atom is 0.161 e. The lowest BCUT2D eigenvalue weighted by molar-refractivity contribution is 0.268. The van der Waals surface area contributed by atoms with Gasteiger partial charge in [-0.2, -0.15) is 0 Å². The third-order valence-corrected chi connectivity index (χ3v) is 5.72. The molecule has 1 unspecified atom stereocenters. The third-order valence-electron chi connectivity index (χ3n) is 5.72. The number of aryl methyl sites for hydroxylation is 1. The number of piperidine rings is 1. The van der Waals surface area contributed by atoms with E-state index in [0.29, 0.717) is 12.6 Å². The highest BCUT2D eigenvalue weighted by atomic mass is 15.5. The highest BCUT2D eigenvalue weighted by Crippen LogP contribution is 2.26. The highest BCUT2D eigenvalue weighted by Gasteiger charge is 2.25. The van der Waals surface area contributed by atoms with Crippen LogP contribution in [0.2, 0.25) is 0 Å². The van der Waals surface area contributed by atoms with E-state index in [0.717, 1.165) is 54.4 Å². The van der Waals surface area contributed by atoms with Crippen LogP contribution in [0.3, 0.4) is 0 Å². The fraction of sp³-hybridized carbons (Fsp3) is 0.500. The van der Waals surface area contributed by atoms with Crippen LogP contribution >= 0.6 is 0 Å². The number of nitrogens with one attached hydrogen (secondary N) is 2. The number of hydrazine groups is 1. The van der Waals surface area contributed by atoms with E-state index in [4.69, 9.17) is 4.98 Å². The van der Waals surface area contributed by atoms with Crippen molar-refractivity contribution >= 4 is 17.6 Å². The molecule has 1 saturated heterocycles. The van der Waals surface area contributed by atoms with Gasteiger partial charge in [0.15, 0.2) is 5.82 Å². The van der Waals surface area contributed by atoms with Crippen LogP contribution in [0.25, 0.3) is 5.57 Å². The average Bonchev–Trinajstić information content (AvgIpc) is 3.18. The van der Waals surface area contributed by atoms with Gasteiger partial charge in [-0.15, -0.1) is 0 Å². The van der Waals surface area contributed by atoms with Crippen molar-refractivity contribution in [1.29, 1.82) is 0 Å². The van der Waals surface area contributed by atoms with Crippen molar-refractivity contribution in [3.8, 4) is 0 Å². The predicted molar refractivity (Wildman–Crippen MR) is 118 cm³/mol. The summed E-state index contributed by atoms with van der Waals surface area (Å²) >= 11 is 0. The Morgan fingerprint density at radius 1 is 1.41 bits per heavy atom. The normalized spacial score (nSPS) is 21.8. The first-order valence-corrected chi connectivity index (χ1v) is 10.6. The predicted octanol–water partition coefficient (Wildman–Crippen LogP) is 3.45. The van der Waals surface area contributed by atoms with Gasteiger partial charge in [0.05, 0.1) is 11.9 Å². The monoisotopic (exact) mass is 393 g/mol. The van der Waals surface area contributed by atoms with Gasteiger partial charge in [0.25, 0.3) is 0 Å². The number of fused-ring (bicyclic) bond motifs is 1. The molecule has 4 heterocycles. The molecular weight excluding hydrogens is 362 g/mol. The second kappa shape index (κ2) is 8.78. The first-order valence-electron chi connectivity index (χ1n) is 10.6. The van der Waals surface area contributed by atoms with Crippen molar-refractivity contribution in [2.45, 2.75) is 52.5 Å². The molecule has 4 rings (SSSR count). The van der Waals surface area contributed by atoms with Gasteiger partial charge in [0.2, 0.25) is 0 Å². The van der Waals surface area contributed by atoms with E-state index in [1.54, 1.807) is 6.20 Å². The molecule has 1 fully saturated rings. The maximum absolute atomic E-state index is 4.89. The van der Waals surface area contributed by atoms with Crippen LogP contribution in [0.1, 0.15) is 50.9 Å². The summed E-state index contributed by atoms with van der Waals surface area (Å²) in [5.74, 6) is 1.70. The molecule has 1 aromatic rings. The maximum atomic E-state index is 4.89. The van der Waals surface area contributed by atoms with Crippen LogP contribution in [0, 0.1) is 6.92 Å². The Morgan fingerprint density at radius 2 is 2.31 bits per heavy atom. The van der Waals surface area contributed by atoms with Gasteiger partial charge in [-0.1, -0.05) is 19.4 Å². The van der Waals surface area contributed by atoms with Crippen molar-refractivity contribution in [3.05, 3.63) is 47.5 Å². The summed E-state index contributed by atoms with van der Waals surface area (Å²) < 4.78 is 0. The quantitative estimate of drug-likeness (QED) is 0.772. The molecule has 0 bridgehead atoms. The van der Waals surface area contributed by atoms with E-state index < -0.39 is 0 Å². The molecule has 29 heavy (non-hydrogen) atoms. The molecule has 0 aliphatic carbocycles. The fourth-order valence-corrected chi connectivity index (χ4v) is 4.00.